The minimum Gasteiger partial charge on any atom is -0.506 e. The molecule has 0 aromatic heterocycles. The monoisotopic (exact) mass is 402 g/mol. The topological polar surface area (TPSA) is 127 Å². The Morgan fingerprint density at radius 1 is 1.22 bits per heavy atom. The Morgan fingerprint density at radius 3 is 2.44 bits per heavy atom. The Balaban J connectivity index is 2.07. The van der Waals surface area contributed by atoms with Crippen molar-refractivity contribution in [3.8, 4) is 5.75 Å². The Labute approximate surface area is 157 Å². The summed E-state index contributed by atoms with van der Waals surface area (Å²) in [5.41, 5.74) is -1.16. The number of carboxylic acids is 1. The van der Waals surface area contributed by atoms with Crippen LogP contribution in [-0.4, -0.2) is 29.7 Å². The summed E-state index contributed by atoms with van der Waals surface area (Å²) in [7, 11) is -4.22. The van der Waals surface area contributed by atoms with E-state index in [0.29, 0.717) is 36.4 Å². The Hall–Kier alpha value is -2.49. The number of aliphatic hydroxyl groups is 1. The number of unbranched alkanes of at least 4 members (excludes halogenated alkanes) is 2. The highest BCUT2D eigenvalue weighted by Crippen LogP contribution is 2.36. The molecule has 1 aliphatic heterocycles. The largest absolute Gasteiger partial charge is 0.506 e. The Kier molecular flexibility index (Phi) is 5.88. The van der Waals surface area contributed by atoms with Crippen LogP contribution in [0.3, 0.4) is 0 Å². The maximum atomic E-state index is 14.8. The van der Waals surface area contributed by atoms with Crippen LogP contribution in [0.4, 0.5) is 10.1 Å². The van der Waals surface area contributed by atoms with Gasteiger partial charge in [-0.3, -0.25) is 4.79 Å². The smallest absolute Gasteiger partial charge is 0.330 e. The van der Waals surface area contributed by atoms with Gasteiger partial charge in [0.2, 0.25) is 5.88 Å². The van der Waals surface area contributed by atoms with E-state index in [4.69, 9.17) is 5.11 Å². The molecule has 0 bridgehead atoms. The molecule has 1 aliphatic rings. The van der Waals surface area contributed by atoms with Crippen molar-refractivity contribution in [3.05, 3.63) is 35.6 Å². The number of phenolic OH excluding ortho intramolecular Hbond substituents is 1. The van der Waals surface area contributed by atoms with Gasteiger partial charge in [0.1, 0.15) is 11.4 Å². The molecule has 1 aromatic carbocycles. The number of nitrogens with zero attached hydrogens (tertiary/aromatic N) is 1. The van der Waals surface area contributed by atoms with Crippen molar-refractivity contribution in [2.24, 2.45) is 5.41 Å². The number of hydrogen-bond acceptors (Lipinski definition) is 5. The molecule has 2 rings (SSSR count). The molecular formula is C17H23FN2O6S. The van der Waals surface area contributed by atoms with Gasteiger partial charge >= 0.3 is 16.2 Å². The number of aryl methyl sites for hydroxylation is 1. The number of aromatic hydroxyl groups is 1. The van der Waals surface area contributed by atoms with Crippen LogP contribution in [0.5, 0.6) is 5.75 Å². The van der Waals surface area contributed by atoms with Gasteiger partial charge in [-0.2, -0.15) is 8.42 Å². The highest BCUT2D eigenvalue weighted by molar-refractivity contribution is 7.91. The van der Waals surface area contributed by atoms with Gasteiger partial charge in [0.25, 0.3) is 0 Å². The summed E-state index contributed by atoms with van der Waals surface area (Å²) in [4.78, 5) is 11.1. The van der Waals surface area contributed by atoms with Crippen molar-refractivity contribution in [2.75, 3.05) is 4.31 Å². The summed E-state index contributed by atoms with van der Waals surface area (Å²) in [5.74, 6) is -3.01. The average molecular weight is 402 g/mol. The molecule has 0 saturated carbocycles. The van der Waals surface area contributed by atoms with Gasteiger partial charge in [0.15, 0.2) is 5.82 Å². The van der Waals surface area contributed by atoms with Crippen molar-refractivity contribution in [1.29, 1.82) is 0 Å². The standard InChI is InChI=1S/C17H23FN2O6S/c1-17(2,16(23)24)9-5-3-4-6-11-7-8-12(21)15(14(11)18)20-10-13(22)19-27(20,25)26/h7-8,10,19,21-22H,3-6,9H2,1-2H3,(H,23,24). The first-order valence-electron chi connectivity index (χ1n) is 8.42. The molecule has 0 aliphatic carbocycles. The zero-order valence-corrected chi connectivity index (χ0v) is 15.9. The molecule has 10 heteroatoms. The van der Waals surface area contributed by atoms with E-state index >= 15 is 0 Å². The third-order valence-corrected chi connectivity index (χ3v) is 5.73. The normalized spacial score (nSPS) is 16.1. The van der Waals surface area contributed by atoms with E-state index in [1.165, 1.54) is 12.1 Å². The number of carboxylic acid groups (broad SMARTS) is 1. The molecule has 0 fully saturated rings. The van der Waals surface area contributed by atoms with E-state index in [0.717, 1.165) is 6.20 Å². The molecule has 0 saturated heterocycles. The molecule has 0 unspecified atom stereocenters. The fraction of sp³-hybridized carbons (Fsp3) is 0.471. The van der Waals surface area contributed by atoms with E-state index in [1.54, 1.807) is 18.6 Å². The van der Waals surface area contributed by atoms with Crippen LogP contribution in [0.15, 0.2) is 24.2 Å². The third-order valence-electron chi connectivity index (χ3n) is 4.45. The fourth-order valence-corrected chi connectivity index (χ4v) is 3.81. The number of hydrogen-bond donors (Lipinski definition) is 4. The zero-order valence-electron chi connectivity index (χ0n) is 15.1. The van der Waals surface area contributed by atoms with Crippen molar-refractivity contribution < 1.29 is 32.9 Å². The van der Waals surface area contributed by atoms with Gasteiger partial charge in [0, 0.05) is 0 Å². The highest BCUT2D eigenvalue weighted by atomic mass is 32.2. The van der Waals surface area contributed by atoms with Crippen LogP contribution in [0.25, 0.3) is 0 Å². The predicted molar refractivity (Wildman–Crippen MR) is 96.9 cm³/mol. The van der Waals surface area contributed by atoms with E-state index in [9.17, 15) is 27.8 Å². The number of aliphatic hydroxyl groups excluding tert-OH is 1. The third kappa shape index (κ3) is 4.62. The fourth-order valence-electron chi connectivity index (χ4n) is 2.74. The van der Waals surface area contributed by atoms with Gasteiger partial charge in [-0.15, -0.1) is 0 Å². The maximum Gasteiger partial charge on any atom is 0.330 e. The van der Waals surface area contributed by atoms with Crippen molar-refractivity contribution in [3.63, 3.8) is 0 Å². The Bertz CT molecular complexity index is 866. The molecule has 0 spiro atoms. The minimum absolute atomic E-state index is 0.218. The summed E-state index contributed by atoms with van der Waals surface area (Å²) in [6, 6.07) is 2.56. The molecule has 1 heterocycles. The number of anilines is 1. The van der Waals surface area contributed by atoms with Gasteiger partial charge in [-0.25, -0.2) is 13.4 Å². The summed E-state index contributed by atoms with van der Waals surface area (Å²) < 4.78 is 40.8. The number of carbonyl (C=O) groups is 1. The Morgan fingerprint density at radius 2 is 1.89 bits per heavy atom. The zero-order chi connectivity index (χ0) is 20.4. The quantitative estimate of drug-likeness (QED) is 0.495. The number of aliphatic carboxylic acids is 1. The highest BCUT2D eigenvalue weighted by Gasteiger charge is 2.33. The van der Waals surface area contributed by atoms with E-state index in [-0.39, 0.29) is 5.56 Å². The lowest BCUT2D eigenvalue weighted by Gasteiger charge is -2.19. The van der Waals surface area contributed by atoms with Gasteiger partial charge < -0.3 is 15.3 Å². The summed E-state index contributed by atoms with van der Waals surface area (Å²) >= 11 is 0. The summed E-state index contributed by atoms with van der Waals surface area (Å²) in [6.07, 6.45) is 3.47. The van der Waals surface area contributed by atoms with Crippen molar-refractivity contribution in [2.45, 2.75) is 46.0 Å². The molecule has 1 aromatic rings. The van der Waals surface area contributed by atoms with Crippen molar-refractivity contribution in [1.82, 2.24) is 4.72 Å². The summed E-state index contributed by atoms with van der Waals surface area (Å²) in [6.45, 7) is 3.30. The molecule has 150 valence electrons. The lowest BCUT2D eigenvalue weighted by molar-refractivity contribution is -0.147. The lowest BCUT2D eigenvalue weighted by Crippen LogP contribution is -2.30. The predicted octanol–water partition coefficient (Wildman–Crippen LogP) is 2.76. The van der Waals surface area contributed by atoms with Crippen LogP contribution in [0.1, 0.15) is 45.1 Å². The first kappa shape index (κ1) is 20.8. The SMILES string of the molecule is CC(C)(CCCCCc1ccc(O)c(N2C=C(O)NS2(=O)=O)c1F)C(=O)O. The van der Waals surface area contributed by atoms with Crippen LogP contribution >= 0.6 is 0 Å². The van der Waals surface area contributed by atoms with Gasteiger partial charge in [-0.05, 0) is 44.7 Å². The first-order valence-corrected chi connectivity index (χ1v) is 9.86. The maximum absolute atomic E-state index is 14.8. The van der Waals surface area contributed by atoms with E-state index < -0.39 is 44.7 Å². The molecule has 27 heavy (non-hydrogen) atoms. The minimum atomic E-state index is -4.22. The van der Waals surface area contributed by atoms with Crippen LogP contribution in [-0.2, 0) is 21.4 Å². The molecule has 4 N–H and O–H groups in total. The summed E-state index contributed by atoms with van der Waals surface area (Å²) in [5, 5.41) is 28.3. The number of benzene rings is 1. The lowest BCUT2D eigenvalue weighted by atomic mass is 9.87. The second-order valence-electron chi connectivity index (χ2n) is 7.07. The van der Waals surface area contributed by atoms with E-state index in [1.807, 2.05) is 0 Å². The molecule has 0 atom stereocenters. The van der Waals surface area contributed by atoms with Gasteiger partial charge in [0.05, 0.1) is 11.6 Å². The molecule has 0 amide bonds. The number of nitrogens with one attached hydrogen (secondary N) is 1. The first-order chi connectivity index (χ1) is 12.5. The average Bonchev–Trinajstić information content (AvgIpc) is 2.81. The second-order valence-corrected chi connectivity index (χ2v) is 8.62. The van der Waals surface area contributed by atoms with Gasteiger partial charge in [-0.1, -0.05) is 18.9 Å². The van der Waals surface area contributed by atoms with Crippen molar-refractivity contribution >= 4 is 21.9 Å². The van der Waals surface area contributed by atoms with E-state index in [2.05, 4.69) is 0 Å². The van der Waals surface area contributed by atoms with Crippen LogP contribution in [0.2, 0.25) is 0 Å². The number of halogens is 1. The van der Waals surface area contributed by atoms with Crippen LogP contribution < -0.4 is 9.03 Å². The van der Waals surface area contributed by atoms with Crippen LogP contribution in [0, 0.1) is 11.2 Å². The molecular weight excluding hydrogens is 379 g/mol. The second kappa shape index (κ2) is 7.63. The molecule has 8 nitrogen and oxygen atoms in total. The number of phenols is 1. The molecule has 0 radical (unpaired) electrons. The number of rotatable bonds is 8.